The molecule has 0 amide bonds. The van der Waals surface area contributed by atoms with Crippen molar-refractivity contribution in [1.29, 1.82) is 0 Å². The van der Waals surface area contributed by atoms with Gasteiger partial charge in [-0.15, -0.1) is 0 Å². The molecule has 0 aliphatic heterocycles. The highest BCUT2D eigenvalue weighted by Gasteiger charge is 2.30. The normalized spacial score (nSPS) is 11.2. The van der Waals surface area contributed by atoms with Crippen LogP contribution in [0.25, 0.3) is 0 Å². The van der Waals surface area contributed by atoms with Gasteiger partial charge in [-0.05, 0) is 49.4 Å². The zero-order valence-electron chi connectivity index (χ0n) is 13.1. The number of hydrogen-bond acceptors (Lipinski definition) is 4. The third-order valence-corrected chi connectivity index (χ3v) is 5.20. The number of nitrogens with zero attached hydrogens (tertiary/aromatic N) is 1. The molecular formula is C16H14ClF2NO4S. The van der Waals surface area contributed by atoms with Crippen molar-refractivity contribution in [2.24, 2.45) is 0 Å². The molecular weight excluding hydrogens is 376 g/mol. The average molecular weight is 390 g/mol. The van der Waals surface area contributed by atoms with Crippen LogP contribution in [0.15, 0.2) is 47.4 Å². The van der Waals surface area contributed by atoms with Gasteiger partial charge in [-0.2, -0.15) is 0 Å². The second-order valence-corrected chi connectivity index (χ2v) is 7.14. The molecule has 0 N–H and O–H groups in total. The Morgan fingerprint density at radius 1 is 1.16 bits per heavy atom. The third kappa shape index (κ3) is 4.46. The fraction of sp³-hybridized carbons (Fsp3) is 0.188. The van der Waals surface area contributed by atoms with Gasteiger partial charge in [-0.3, -0.25) is 9.10 Å². The summed E-state index contributed by atoms with van der Waals surface area (Å²) in [7, 11) is -4.45. The summed E-state index contributed by atoms with van der Waals surface area (Å²) in [5.74, 6) is -2.48. The van der Waals surface area contributed by atoms with Gasteiger partial charge in [0.15, 0.2) is 0 Å². The van der Waals surface area contributed by atoms with Crippen molar-refractivity contribution in [3.05, 3.63) is 59.1 Å². The van der Waals surface area contributed by atoms with Crippen LogP contribution in [0, 0.1) is 11.6 Å². The van der Waals surface area contributed by atoms with E-state index in [2.05, 4.69) is 0 Å². The molecule has 0 spiro atoms. The van der Waals surface area contributed by atoms with Crippen LogP contribution in [0.3, 0.4) is 0 Å². The summed E-state index contributed by atoms with van der Waals surface area (Å²) in [6, 6.07) is 7.45. The lowest BCUT2D eigenvalue weighted by Crippen LogP contribution is -2.37. The first-order chi connectivity index (χ1) is 11.8. The van der Waals surface area contributed by atoms with Crippen LogP contribution in [-0.2, 0) is 19.6 Å². The van der Waals surface area contributed by atoms with E-state index in [4.69, 9.17) is 16.3 Å². The van der Waals surface area contributed by atoms with E-state index < -0.39 is 39.1 Å². The van der Waals surface area contributed by atoms with Crippen LogP contribution < -0.4 is 4.31 Å². The largest absolute Gasteiger partial charge is 0.465 e. The van der Waals surface area contributed by atoms with E-state index >= 15 is 0 Å². The van der Waals surface area contributed by atoms with Crippen LogP contribution in [0.4, 0.5) is 14.5 Å². The maximum atomic E-state index is 14.1. The number of ether oxygens (including phenoxy) is 1. The summed E-state index contributed by atoms with van der Waals surface area (Å²) in [4.78, 5) is 11.1. The summed E-state index contributed by atoms with van der Waals surface area (Å²) < 4.78 is 58.3. The summed E-state index contributed by atoms with van der Waals surface area (Å²) in [5, 5.41) is 0.0233. The monoisotopic (exact) mass is 389 g/mol. The Balaban J connectivity index is 2.52. The number of sulfonamides is 1. The molecule has 0 atom stereocenters. The minimum atomic E-state index is -4.45. The van der Waals surface area contributed by atoms with Crippen molar-refractivity contribution < 1.29 is 26.7 Å². The highest BCUT2D eigenvalue weighted by atomic mass is 35.5. The van der Waals surface area contributed by atoms with Crippen LogP contribution in [-0.4, -0.2) is 27.5 Å². The number of carbonyl (C=O) groups excluding carboxylic acids is 1. The average Bonchev–Trinajstić information content (AvgIpc) is 2.53. The molecule has 2 aromatic rings. The van der Waals surface area contributed by atoms with Gasteiger partial charge in [0.2, 0.25) is 0 Å². The highest BCUT2D eigenvalue weighted by Crippen LogP contribution is 2.27. The molecule has 5 nitrogen and oxygen atoms in total. The summed E-state index contributed by atoms with van der Waals surface area (Å²) >= 11 is 5.64. The molecule has 0 bridgehead atoms. The van der Waals surface area contributed by atoms with Crippen LogP contribution in [0.5, 0.6) is 0 Å². The number of halogens is 3. The number of carbonyl (C=O) groups is 1. The molecule has 0 saturated heterocycles. The lowest BCUT2D eigenvalue weighted by Gasteiger charge is -2.23. The molecule has 0 aromatic heterocycles. The molecule has 2 aromatic carbocycles. The fourth-order valence-electron chi connectivity index (χ4n) is 2.05. The van der Waals surface area contributed by atoms with E-state index in [1.54, 1.807) is 6.92 Å². The van der Waals surface area contributed by atoms with E-state index in [9.17, 15) is 22.0 Å². The van der Waals surface area contributed by atoms with Crippen molar-refractivity contribution in [3.63, 3.8) is 0 Å². The maximum Gasteiger partial charge on any atom is 0.326 e. The van der Waals surface area contributed by atoms with Gasteiger partial charge < -0.3 is 4.74 Å². The van der Waals surface area contributed by atoms with Gasteiger partial charge in [0.05, 0.1) is 12.3 Å². The quantitative estimate of drug-likeness (QED) is 0.710. The van der Waals surface area contributed by atoms with Crippen LogP contribution in [0.1, 0.15) is 6.92 Å². The van der Waals surface area contributed by atoms with E-state index in [1.807, 2.05) is 0 Å². The Hall–Kier alpha value is -2.19. The Labute approximate surface area is 148 Å². The van der Waals surface area contributed by atoms with Crippen LogP contribution >= 0.6 is 11.6 Å². The SMILES string of the molecule is CCOC(=O)CN(c1ccc(F)cc1)S(=O)(=O)c1ccc(Cl)cc1F. The smallest absolute Gasteiger partial charge is 0.326 e. The lowest BCUT2D eigenvalue weighted by molar-refractivity contribution is -0.141. The number of anilines is 1. The minimum Gasteiger partial charge on any atom is -0.465 e. The van der Waals surface area contributed by atoms with Gasteiger partial charge >= 0.3 is 5.97 Å². The topological polar surface area (TPSA) is 63.7 Å². The molecule has 2 rings (SSSR count). The number of esters is 1. The van der Waals surface area contributed by atoms with Crippen LogP contribution in [0.2, 0.25) is 5.02 Å². The van der Waals surface area contributed by atoms with Crippen molar-refractivity contribution >= 4 is 33.3 Å². The fourth-order valence-corrected chi connectivity index (χ4v) is 3.67. The standard InChI is InChI=1S/C16H14ClF2NO4S/c1-2-24-16(21)10-20(13-6-4-12(18)5-7-13)25(22,23)15-8-3-11(17)9-14(15)19/h3-9H,2,10H2,1H3. The van der Waals surface area contributed by atoms with Crippen molar-refractivity contribution in [2.75, 3.05) is 17.5 Å². The van der Waals surface area contributed by atoms with Crippen molar-refractivity contribution in [3.8, 4) is 0 Å². The second-order valence-electron chi connectivity index (χ2n) is 4.87. The van der Waals surface area contributed by atoms with Gasteiger partial charge in [0.1, 0.15) is 23.1 Å². The molecule has 0 unspecified atom stereocenters. The van der Waals surface area contributed by atoms with Gasteiger partial charge in [-0.1, -0.05) is 11.6 Å². The first-order valence-corrected chi connectivity index (χ1v) is 8.96. The third-order valence-electron chi connectivity index (χ3n) is 3.15. The molecule has 0 heterocycles. The minimum absolute atomic E-state index is 0.0104. The van der Waals surface area contributed by atoms with E-state index in [-0.39, 0.29) is 17.3 Å². The lowest BCUT2D eigenvalue weighted by atomic mass is 10.3. The maximum absolute atomic E-state index is 14.1. The van der Waals surface area contributed by atoms with Crippen molar-refractivity contribution in [2.45, 2.75) is 11.8 Å². The number of hydrogen-bond donors (Lipinski definition) is 0. The Morgan fingerprint density at radius 2 is 1.80 bits per heavy atom. The molecule has 0 radical (unpaired) electrons. The molecule has 0 aliphatic rings. The molecule has 9 heteroatoms. The van der Waals surface area contributed by atoms with E-state index in [0.29, 0.717) is 4.31 Å². The zero-order valence-corrected chi connectivity index (χ0v) is 14.7. The Morgan fingerprint density at radius 3 is 2.36 bits per heavy atom. The summed E-state index contributed by atoms with van der Waals surface area (Å²) in [6.07, 6.45) is 0. The predicted molar refractivity (Wildman–Crippen MR) is 89.0 cm³/mol. The summed E-state index contributed by atoms with van der Waals surface area (Å²) in [6.45, 7) is 0.919. The highest BCUT2D eigenvalue weighted by molar-refractivity contribution is 7.92. The number of rotatable bonds is 6. The second kappa shape index (κ2) is 7.79. The molecule has 134 valence electrons. The predicted octanol–water partition coefficient (Wildman–Crippen LogP) is 3.38. The van der Waals surface area contributed by atoms with E-state index in [0.717, 1.165) is 24.3 Å². The van der Waals surface area contributed by atoms with Gasteiger partial charge in [0.25, 0.3) is 10.0 Å². The zero-order chi connectivity index (χ0) is 18.6. The molecule has 25 heavy (non-hydrogen) atoms. The molecule has 0 aliphatic carbocycles. The van der Waals surface area contributed by atoms with E-state index in [1.165, 1.54) is 18.2 Å². The first kappa shape index (κ1) is 19.1. The van der Waals surface area contributed by atoms with Gasteiger partial charge in [0, 0.05) is 5.02 Å². The Kier molecular flexibility index (Phi) is 5.97. The molecule has 0 saturated carbocycles. The Bertz CT molecular complexity index is 872. The first-order valence-electron chi connectivity index (χ1n) is 7.14. The summed E-state index contributed by atoms with van der Waals surface area (Å²) in [5.41, 5.74) is -0.0104. The van der Waals surface area contributed by atoms with Gasteiger partial charge in [-0.25, -0.2) is 17.2 Å². The number of benzene rings is 2. The molecule has 0 fully saturated rings. The van der Waals surface area contributed by atoms with Crippen molar-refractivity contribution in [1.82, 2.24) is 0 Å².